The van der Waals surface area contributed by atoms with Crippen molar-refractivity contribution in [3.05, 3.63) is 57.4 Å². The third-order valence-corrected chi connectivity index (χ3v) is 6.26. The Bertz CT molecular complexity index is 980. The monoisotopic (exact) mass is 445 g/mol. The van der Waals surface area contributed by atoms with Gasteiger partial charge in [0.05, 0.1) is 18.8 Å². The molecule has 4 atom stereocenters. The Kier molecular flexibility index (Phi) is 6.90. The highest BCUT2D eigenvalue weighted by Gasteiger charge is 2.47. The molecular weight excluding hydrogens is 418 g/mol. The van der Waals surface area contributed by atoms with Crippen LogP contribution in [0.25, 0.3) is 0 Å². The number of hydrogen-bond acceptors (Lipinski definition) is 6. The number of allylic oxidation sites excluding steroid dienone is 3. The summed E-state index contributed by atoms with van der Waals surface area (Å²) in [5.74, 6) is -3.22. The summed E-state index contributed by atoms with van der Waals surface area (Å²) in [5.41, 5.74) is 2.81. The van der Waals surface area contributed by atoms with Crippen molar-refractivity contribution in [2.24, 2.45) is 11.8 Å². The van der Waals surface area contributed by atoms with E-state index < -0.39 is 23.8 Å². The SMILES string of the molecule is CC[C@@H](C)OC(=O)C1=C(C)NC2=C(C(=O)[C@@H](C(=O)OC)[C@@H](C)C2)[C@@H]1c1cccc(Cl)c1. The summed E-state index contributed by atoms with van der Waals surface area (Å²) in [6.45, 7) is 7.41. The van der Waals surface area contributed by atoms with E-state index in [1.54, 1.807) is 25.1 Å². The van der Waals surface area contributed by atoms with Crippen LogP contribution in [0.3, 0.4) is 0 Å². The van der Waals surface area contributed by atoms with Crippen molar-refractivity contribution in [2.75, 3.05) is 7.11 Å². The highest BCUT2D eigenvalue weighted by molar-refractivity contribution is 6.30. The molecule has 1 aromatic rings. The molecule has 166 valence electrons. The van der Waals surface area contributed by atoms with Crippen molar-refractivity contribution in [1.29, 1.82) is 0 Å². The smallest absolute Gasteiger partial charge is 0.337 e. The van der Waals surface area contributed by atoms with Crippen molar-refractivity contribution < 1.29 is 23.9 Å². The second kappa shape index (κ2) is 9.27. The Hall–Kier alpha value is -2.60. The van der Waals surface area contributed by atoms with Gasteiger partial charge in [-0.15, -0.1) is 0 Å². The highest BCUT2D eigenvalue weighted by atomic mass is 35.5. The van der Waals surface area contributed by atoms with Crippen LogP contribution in [-0.4, -0.2) is 30.9 Å². The number of esters is 2. The minimum absolute atomic E-state index is 0.229. The maximum absolute atomic E-state index is 13.6. The summed E-state index contributed by atoms with van der Waals surface area (Å²) < 4.78 is 10.5. The fraction of sp³-hybridized carbons (Fsp3) is 0.458. The van der Waals surface area contributed by atoms with Crippen LogP contribution in [0.1, 0.15) is 52.0 Å². The van der Waals surface area contributed by atoms with E-state index in [9.17, 15) is 14.4 Å². The van der Waals surface area contributed by atoms with Crippen LogP contribution >= 0.6 is 11.6 Å². The molecule has 31 heavy (non-hydrogen) atoms. The molecule has 1 N–H and O–H groups in total. The lowest BCUT2D eigenvalue weighted by molar-refractivity contribution is -0.151. The van der Waals surface area contributed by atoms with E-state index in [4.69, 9.17) is 21.1 Å². The van der Waals surface area contributed by atoms with E-state index in [-0.39, 0.29) is 17.8 Å². The molecular formula is C24H28ClNO5. The van der Waals surface area contributed by atoms with Crippen LogP contribution in [0.4, 0.5) is 0 Å². The average Bonchev–Trinajstić information content (AvgIpc) is 2.72. The predicted octanol–water partition coefficient (Wildman–Crippen LogP) is 4.29. The number of ketones is 1. The summed E-state index contributed by atoms with van der Waals surface area (Å²) in [7, 11) is 1.28. The molecule has 0 saturated heterocycles. The molecule has 1 aliphatic heterocycles. The van der Waals surface area contributed by atoms with Gasteiger partial charge in [-0.3, -0.25) is 9.59 Å². The summed E-state index contributed by atoms with van der Waals surface area (Å²) in [5, 5.41) is 3.74. The van der Waals surface area contributed by atoms with Gasteiger partial charge in [-0.25, -0.2) is 4.79 Å². The zero-order valence-electron chi connectivity index (χ0n) is 18.5. The average molecular weight is 446 g/mol. The van der Waals surface area contributed by atoms with Gasteiger partial charge in [0.2, 0.25) is 0 Å². The van der Waals surface area contributed by atoms with Gasteiger partial charge in [0, 0.05) is 27.9 Å². The number of dihydropyridines is 1. The number of carbonyl (C=O) groups excluding carboxylic acids is 3. The van der Waals surface area contributed by atoms with Crippen molar-refractivity contribution in [1.82, 2.24) is 5.32 Å². The third-order valence-electron chi connectivity index (χ3n) is 6.03. The molecule has 0 saturated carbocycles. The zero-order chi connectivity index (χ0) is 22.9. The number of hydrogen-bond donors (Lipinski definition) is 1. The van der Waals surface area contributed by atoms with Crippen LogP contribution in [0.2, 0.25) is 5.02 Å². The number of methoxy groups -OCH3 is 1. The molecule has 0 unspecified atom stereocenters. The second-order valence-corrected chi connectivity index (χ2v) is 8.65. The Morgan fingerprint density at radius 3 is 2.65 bits per heavy atom. The van der Waals surface area contributed by atoms with Gasteiger partial charge in [-0.05, 0) is 50.3 Å². The normalized spacial score (nSPS) is 24.3. The number of nitrogens with one attached hydrogen (secondary N) is 1. The highest BCUT2D eigenvalue weighted by Crippen LogP contribution is 2.45. The van der Waals surface area contributed by atoms with Gasteiger partial charge < -0.3 is 14.8 Å². The quantitative estimate of drug-likeness (QED) is 0.537. The minimum Gasteiger partial charge on any atom is -0.468 e. The van der Waals surface area contributed by atoms with Crippen molar-refractivity contribution in [3.63, 3.8) is 0 Å². The van der Waals surface area contributed by atoms with Crippen LogP contribution in [-0.2, 0) is 23.9 Å². The first kappa shape index (κ1) is 23.1. The molecule has 0 bridgehead atoms. The van der Waals surface area contributed by atoms with Crippen molar-refractivity contribution in [3.8, 4) is 0 Å². The molecule has 0 aromatic heterocycles. The lowest BCUT2D eigenvalue weighted by atomic mass is 9.69. The summed E-state index contributed by atoms with van der Waals surface area (Å²) in [6.07, 6.45) is 0.888. The van der Waals surface area contributed by atoms with Crippen molar-refractivity contribution in [2.45, 2.75) is 52.6 Å². The molecule has 6 nitrogen and oxygen atoms in total. The summed E-state index contributed by atoms with van der Waals surface area (Å²) in [6, 6.07) is 7.08. The fourth-order valence-corrected chi connectivity index (χ4v) is 4.50. The Balaban J connectivity index is 2.17. The molecule has 0 amide bonds. The van der Waals surface area contributed by atoms with Gasteiger partial charge in [-0.1, -0.05) is 37.6 Å². The van der Waals surface area contributed by atoms with E-state index in [0.717, 1.165) is 5.70 Å². The van der Waals surface area contributed by atoms with Crippen LogP contribution < -0.4 is 5.32 Å². The van der Waals surface area contributed by atoms with E-state index in [1.165, 1.54) is 7.11 Å². The van der Waals surface area contributed by atoms with Gasteiger partial charge in [0.1, 0.15) is 5.92 Å². The first-order chi connectivity index (χ1) is 14.7. The maximum atomic E-state index is 13.6. The number of halogens is 1. The Morgan fingerprint density at radius 1 is 1.32 bits per heavy atom. The molecule has 0 spiro atoms. The Morgan fingerprint density at radius 2 is 2.03 bits per heavy atom. The van der Waals surface area contributed by atoms with Crippen LogP contribution in [0.15, 0.2) is 46.8 Å². The first-order valence-corrected chi connectivity index (χ1v) is 10.9. The summed E-state index contributed by atoms with van der Waals surface area (Å²) in [4.78, 5) is 39.2. The van der Waals surface area contributed by atoms with E-state index in [2.05, 4.69) is 5.32 Å². The summed E-state index contributed by atoms with van der Waals surface area (Å²) >= 11 is 6.25. The van der Waals surface area contributed by atoms with Gasteiger partial charge in [-0.2, -0.15) is 0 Å². The van der Waals surface area contributed by atoms with Gasteiger partial charge >= 0.3 is 11.9 Å². The fourth-order valence-electron chi connectivity index (χ4n) is 4.30. The van der Waals surface area contributed by atoms with E-state index >= 15 is 0 Å². The molecule has 3 rings (SSSR count). The minimum atomic E-state index is -0.919. The van der Waals surface area contributed by atoms with E-state index in [1.807, 2.05) is 26.8 Å². The molecule has 2 aliphatic rings. The van der Waals surface area contributed by atoms with Crippen molar-refractivity contribution >= 4 is 29.3 Å². The molecule has 1 heterocycles. The number of carbonyl (C=O) groups is 3. The lowest BCUT2D eigenvalue weighted by Crippen LogP contribution is -2.43. The lowest BCUT2D eigenvalue weighted by Gasteiger charge is -2.38. The van der Waals surface area contributed by atoms with E-state index in [0.29, 0.717) is 40.3 Å². The topological polar surface area (TPSA) is 81.7 Å². The van der Waals surface area contributed by atoms with Gasteiger partial charge in [0.25, 0.3) is 0 Å². The molecule has 1 aliphatic carbocycles. The first-order valence-electron chi connectivity index (χ1n) is 10.5. The number of rotatable bonds is 5. The van der Waals surface area contributed by atoms with Gasteiger partial charge in [0.15, 0.2) is 5.78 Å². The molecule has 7 heteroatoms. The second-order valence-electron chi connectivity index (χ2n) is 8.21. The molecule has 0 fully saturated rings. The number of ether oxygens (including phenoxy) is 2. The zero-order valence-corrected chi connectivity index (χ0v) is 19.2. The van der Waals surface area contributed by atoms with Crippen LogP contribution in [0.5, 0.6) is 0 Å². The predicted molar refractivity (Wildman–Crippen MR) is 117 cm³/mol. The molecule has 0 radical (unpaired) electrons. The number of Topliss-reactive ketones (excluding diaryl/α,β-unsaturated/α-hetero) is 1. The maximum Gasteiger partial charge on any atom is 0.337 e. The van der Waals surface area contributed by atoms with Crippen LogP contribution in [0, 0.1) is 11.8 Å². The largest absolute Gasteiger partial charge is 0.468 e. The number of benzene rings is 1. The standard InChI is InChI=1S/C24H28ClNO5/c1-6-13(3)31-24(29)19-14(4)26-17-10-12(2)18(23(28)30-5)22(27)21(17)20(19)15-8-7-9-16(25)11-15/h7-9,11-13,18,20,26H,6,10H2,1-5H3/t12-,13+,18-,20+/m0/s1. The third kappa shape index (κ3) is 4.40. The molecule has 1 aromatic carbocycles. The Labute approximate surface area is 187 Å².